The van der Waals surface area contributed by atoms with Crippen LogP contribution in [0, 0.1) is 13.8 Å². The molecule has 2 aromatic carbocycles. The maximum Gasteiger partial charge on any atom is 0.292 e. The summed E-state index contributed by atoms with van der Waals surface area (Å²) < 4.78 is 12.4. The summed E-state index contributed by atoms with van der Waals surface area (Å²) in [7, 11) is 1.50. The highest BCUT2D eigenvalue weighted by molar-refractivity contribution is 5.99. The monoisotopic (exact) mass is 423 g/mol. The highest BCUT2D eigenvalue weighted by atomic mass is 16.5. The third kappa shape index (κ3) is 5.00. The Morgan fingerprint density at radius 2 is 1.71 bits per heavy atom. The molecule has 0 spiro atoms. The van der Waals surface area contributed by atoms with Crippen LogP contribution in [0.5, 0.6) is 11.5 Å². The summed E-state index contributed by atoms with van der Waals surface area (Å²) in [5, 5.41) is 7.99. The van der Waals surface area contributed by atoms with E-state index in [2.05, 4.69) is 21.2 Å². The molecule has 9 heteroatoms. The summed E-state index contributed by atoms with van der Waals surface area (Å²) in [4.78, 5) is 25.0. The Balaban J connectivity index is 1.67. The summed E-state index contributed by atoms with van der Waals surface area (Å²) >= 11 is 0. The number of nitrogens with zero attached hydrogens (tertiary/aromatic N) is 3. The fraction of sp³-hybridized carbons (Fsp3) is 0.273. The van der Waals surface area contributed by atoms with Crippen molar-refractivity contribution in [2.24, 2.45) is 0 Å². The smallest absolute Gasteiger partial charge is 0.292 e. The lowest BCUT2D eigenvalue weighted by Gasteiger charge is -2.12. The number of nitrogens with one attached hydrogen (secondary N) is 2. The SMILES string of the molecule is CCCOc1ccc(C(=O)NNC(=O)c2nnn(-c3ccc(C)cc3)c2C)cc1OC. The Hall–Kier alpha value is -3.88. The van der Waals surface area contributed by atoms with Crippen LogP contribution in [0.25, 0.3) is 5.69 Å². The third-order valence-corrected chi connectivity index (χ3v) is 4.57. The van der Waals surface area contributed by atoms with E-state index >= 15 is 0 Å². The van der Waals surface area contributed by atoms with Gasteiger partial charge in [-0.3, -0.25) is 20.4 Å². The van der Waals surface area contributed by atoms with E-state index in [0.717, 1.165) is 17.7 Å². The second kappa shape index (κ2) is 9.75. The lowest BCUT2D eigenvalue weighted by molar-refractivity contribution is 0.0843. The molecule has 0 aliphatic carbocycles. The van der Waals surface area contributed by atoms with Crippen LogP contribution in [0.1, 0.15) is 45.4 Å². The number of hydrogen-bond donors (Lipinski definition) is 2. The van der Waals surface area contributed by atoms with Gasteiger partial charge in [-0.15, -0.1) is 5.10 Å². The first-order valence-electron chi connectivity index (χ1n) is 9.85. The second-order valence-electron chi connectivity index (χ2n) is 6.89. The molecule has 0 fully saturated rings. The number of aromatic nitrogens is 3. The van der Waals surface area contributed by atoms with Crippen molar-refractivity contribution >= 4 is 11.8 Å². The topological polar surface area (TPSA) is 107 Å². The van der Waals surface area contributed by atoms with Crippen LogP contribution in [0.15, 0.2) is 42.5 Å². The van der Waals surface area contributed by atoms with E-state index in [1.165, 1.54) is 7.11 Å². The van der Waals surface area contributed by atoms with E-state index in [1.54, 1.807) is 29.8 Å². The number of hydrazine groups is 1. The minimum atomic E-state index is -0.570. The number of carbonyl (C=O) groups is 2. The Bertz CT molecular complexity index is 1080. The van der Waals surface area contributed by atoms with Crippen molar-refractivity contribution in [3.8, 4) is 17.2 Å². The number of methoxy groups -OCH3 is 1. The number of rotatable bonds is 7. The molecule has 0 radical (unpaired) electrons. The summed E-state index contributed by atoms with van der Waals surface area (Å²) in [5.41, 5.74) is 7.63. The van der Waals surface area contributed by atoms with Gasteiger partial charge in [0.2, 0.25) is 0 Å². The number of aryl methyl sites for hydroxylation is 1. The fourth-order valence-corrected chi connectivity index (χ4v) is 2.86. The molecule has 0 saturated heterocycles. The molecule has 0 bridgehead atoms. The van der Waals surface area contributed by atoms with Gasteiger partial charge in [0, 0.05) is 5.56 Å². The van der Waals surface area contributed by atoms with E-state index in [9.17, 15) is 9.59 Å². The molecule has 2 N–H and O–H groups in total. The van der Waals surface area contributed by atoms with Crippen molar-refractivity contribution in [1.82, 2.24) is 25.8 Å². The van der Waals surface area contributed by atoms with E-state index in [4.69, 9.17) is 9.47 Å². The minimum absolute atomic E-state index is 0.113. The minimum Gasteiger partial charge on any atom is -0.493 e. The molecule has 0 saturated carbocycles. The quantitative estimate of drug-likeness (QED) is 0.566. The number of carbonyl (C=O) groups excluding carboxylic acids is 2. The van der Waals surface area contributed by atoms with Gasteiger partial charge < -0.3 is 9.47 Å². The van der Waals surface area contributed by atoms with Crippen molar-refractivity contribution in [2.75, 3.05) is 13.7 Å². The third-order valence-electron chi connectivity index (χ3n) is 4.57. The summed E-state index contributed by atoms with van der Waals surface area (Å²) in [6.07, 6.45) is 0.853. The average Bonchev–Trinajstić information content (AvgIpc) is 3.17. The molecule has 3 rings (SSSR count). The van der Waals surface area contributed by atoms with Gasteiger partial charge in [0.25, 0.3) is 11.8 Å². The molecule has 0 aliphatic heterocycles. The number of benzene rings is 2. The summed E-state index contributed by atoms with van der Waals surface area (Å²) in [5.74, 6) is -0.0889. The Kier molecular flexibility index (Phi) is 6.86. The zero-order valence-electron chi connectivity index (χ0n) is 17.9. The molecule has 2 amide bonds. The van der Waals surface area contributed by atoms with E-state index in [1.807, 2.05) is 38.1 Å². The summed E-state index contributed by atoms with van der Waals surface area (Å²) in [6.45, 7) is 6.26. The molecule has 31 heavy (non-hydrogen) atoms. The van der Waals surface area contributed by atoms with E-state index in [-0.39, 0.29) is 5.69 Å². The average molecular weight is 423 g/mol. The first-order chi connectivity index (χ1) is 14.9. The number of hydrogen-bond acceptors (Lipinski definition) is 6. The number of ether oxygens (including phenoxy) is 2. The molecule has 1 aromatic heterocycles. The molecule has 9 nitrogen and oxygen atoms in total. The predicted molar refractivity (Wildman–Crippen MR) is 115 cm³/mol. The normalized spacial score (nSPS) is 10.5. The first-order valence-corrected chi connectivity index (χ1v) is 9.85. The van der Waals surface area contributed by atoms with Gasteiger partial charge in [-0.25, -0.2) is 4.68 Å². The molecular formula is C22H25N5O4. The van der Waals surface area contributed by atoms with Gasteiger partial charge in [-0.05, 0) is 50.6 Å². The Labute approximate surface area is 180 Å². The molecule has 162 valence electrons. The highest BCUT2D eigenvalue weighted by Crippen LogP contribution is 2.28. The van der Waals surface area contributed by atoms with Crippen LogP contribution in [-0.4, -0.2) is 40.5 Å². The van der Waals surface area contributed by atoms with Crippen LogP contribution in [0.4, 0.5) is 0 Å². The summed E-state index contributed by atoms with van der Waals surface area (Å²) in [6, 6.07) is 12.5. The van der Waals surface area contributed by atoms with Crippen molar-refractivity contribution in [3.63, 3.8) is 0 Å². The zero-order valence-corrected chi connectivity index (χ0v) is 17.9. The van der Waals surface area contributed by atoms with Crippen LogP contribution in [0.2, 0.25) is 0 Å². The molecule has 0 atom stereocenters. The van der Waals surface area contributed by atoms with Crippen molar-refractivity contribution in [1.29, 1.82) is 0 Å². The van der Waals surface area contributed by atoms with Crippen molar-refractivity contribution < 1.29 is 19.1 Å². The molecule has 0 aliphatic rings. The largest absolute Gasteiger partial charge is 0.493 e. The van der Waals surface area contributed by atoms with Gasteiger partial charge in [0.05, 0.1) is 25.1 Å². The molecule has 0 unspecified atom stereocenters. The molecule has 3 aromatic rings. The van der Waals surface area contributed by atoms with E-state index in [0.29, 0.717) is 29.4 Å². The maximum absolute atomic E-state index is 12.5. The number of amides is 2. The molecule has 1 heterocycles. The van der Waals surface area contributed by atoms with Gasteiger partial charge in [-0.2, -0.15) is 0 Å². The Morgan fingerprint density at radius 1 is 1.00 bits per heavy atom. The van der Waals surface area contributed by atoms with Crippen LogP contribution >= 0.6 is 0 Å². The van der Waals surface area contributed by atoms with Gasteiger partial charge >= 0.3 is 0 Å². The maximum atomic E-state index is 12.5. The standard InChI is InChI=1S/C22H25N5O4/c1-5-12-31-18-11-8-16(13-19(18)30-4)21(28)24-25-22(29)20-15(3)27(26-23-20)17-9-6-14(2)7-10-17/h6-11,13H,5,12H2,1-4H3,(H,24,28)(H,25,29). The fourth-order valence-electron chi connectivity index (χ4n) is 2.86. The first kappa shape index (κ1) is 21.8. The lowest BCUT2D eigenvalue weighted by Crippen LogP contribution is -2.42. The van der Waals surface area contributed by atoms with Gasteiger partial charge in [0.15, 0.2) is 17.2 Å². The lowest BCUT2D eigenvalue weighted by atomic mass is 10.2. The highest BCUT2D eigenvalue weighted by Gasteiger charge is 2.19. The van der Waals surface area contributed by atoms with Crippen molar-refractivity contribution in [2.45, 2.75) is 27.2 Å². The zero-order chi connectivity index (χ0) is 22.4. The van der Waals surface area contributed by atoms with Gasteiger partial charge in [-0.1, -0.05) is 29.8 Å². The second-order valence-corrected chi connectivity index (χ2v) is 6.89. The Morgan fingerprint density at radius 3 is 2.39 bits per heavy atom. The van der Waals surface area contributed by atoms with Crippen molar-refractivity contribution in [3.05, 3.63) is 65.0 Å². The van der Waals surface area contributed by atoms with Gasteiger partial charge in [0.1, 0.15) is 0 Å². The predicted octanol–water partition coefficient (Wildman–Crippen LogP) is 2.76. The molecular weight excluding hydrogens is 398 g/mol. The van der Waals surface area contributed by atoms with Crippen LogP contribution < -0.4 is 20.3 Å². The van der Waals surface area contributed by atoms with Crippen LogP contribution in [0.3, 0.4) is 0 Å². The van der Waals surface area contributed by atoms with E-state index < -0.39 is 11.8 Å². The van der Waals surface area contributed by atoms with Crippen LogP contribution in [-0.2, 0) is 0 Å².